The quantitative estimate of drug-likeness (QED) is 0.719. The molecule has 0 bridgehead atoms. The van der Waals surface area contributed by atoms with Crippen molar-refractivity contribution in [2.45, 2.75) is 19.1 Å². The van der Waals surface area contributed by atoms with Gasteiger partial charge < -0.3 is 5.32 Å². The van der Waals surface area contributed by atoms with Crippen LogP contribution in [0.2, 0.25) is 0 Å². The highest BCUT2D eigenvalue weighted by atomic mass is 19.4. The van der Waals surface area contributed by atoms with Crippen LogP contribution < -0.4 is 5.32 Å². The van der Waals surface area contributed by atoms with Gasteiger partial charge in [0.1, 0.15) is 0 Å². The Morgan fingerprint density at radius 2 is 2.13 bits per heavy atom. The van der Waals surface area contributed by atoms with Crippen LogP contribution in [0.15, 0.2) is 12.3 Å². The average molecular weight is 216 g/mol. The van der Waals surface area contributed by atoms with Gasteiger partial charge in [0.15, 0.2) is 0 Å². The lowest BCUT2D eigenvalue weighted by Crippen LogP contribution is -2.16. The van der Waals surface area contributed by atoms with E-state index in [2.05, 4.69) is 10.3 Å². The predicted octanol–water partition coefficient (Wildman–Crippen LogP) is 1.90. The van der Waals surface area contributed by atoms with Gasteiger partial charge >= 0.3 is 6.18 Å². The van der Waals surface area contributed by atoms with Gasteiger partial charge in [-0.3, -0.25) is 9.78 Å². The van der Waals surface area contributed by atoms with E-state index in [-0.39, 0.29) is 11.6 Å². The molecule has 1 amide bonds. The molecule has 0 spiro atoms. The smallest absolute Gasteiger partial charge is 0.344 e. The summed E-state index contributed by atoms with van der Waals surface area (Å²) in [5, 5.41) is 2.49. The molecule has 0 radical (unpaired) electrons. The largest absolute Gasteiger partial charge is 0.417 e. The molecule has 0 saturated carbocycles. The van der Waals surface area contributed by atoms with E-state index in [1.807, 2.05) is 0 Å². The Morgan fingerprint density at radius 1 is 1.47 bits per heavy atom. The fourth-order valence-corrected chi connectivity index (χ4v) is 1.50. The van der Waals surface area contributed by atoms with Crippen LogP contribution in [0.3, 0.4) is 0 Å². The number of fused-ring (bicyclic) bond motifs is 1. The zero-order chi connectivity index (χ0) is 11.2. The van der Waals surface area contributed by atoms with Crippen molar-refractivity contribution in [3.05, 3.63) is 29.1 Å². The van der Waals surface area contributed by atoms with Crippen molar-refractivity contribution in [3.8, 4) is 0 Å². The van der Waals surface area contributed by atoms with Gasteiger partial charge in [0.2, 0.25) is 0 Å². The number of amides is 1. The molecule has 2 heterocycles. The van der Waals surface area contributed by atoms with Crippen LogP contribution in [0.5, 0.6) is 0 Å². The Kier molecular flexibility index (Phi) is 1.95. The molecule has 1 aliphatic rings. The minimum atomic E-state index is -4.46. The number of carbonyl (C=O) groups excluding carboxylic acids is 1. The zero-order valence-electron chi connectivity index (χ0n) is 7.72. The first-order valence-corrected chi connectivity index (χ1v) is 4.27. The first-order chi connectivity index (χ1) is 6.89. The molecule has 2 rings (SSSR count). The number of halogens is 3. The Hall–Kier alpha value is -1.59. The second kappa shape index (κ2) is 2.95. The van der Waals surface area contributed by atoms with E-state index in [9.17, 15) is 18.0 Å². The van der Waals surface area contributed by atoms with Crippen molar-refractivity contribution in [1.29, 1.82) is 0 Å². The Balaban J connectivity index is 2.52. The van der Waals surface area contributed by atoms with E-state index >= 15 is 0 Å². The summed E-state index contributed by atoms with van der Waals surface area (Å²) in [4.78, 5) is 14.9. The molecule has 1 atom stereocenters. The maximum absolute atomic E-state index is 12.3. The van der Waals surface area contributed by atoms with Gasteiger partial charge in [0.25, 0.3) is 5.91 Å². The van der Waals surface area contributed by atoms with E-state index in [0.717, 1.165) is 12.3 Å². The third-order valence-electron chi connectivity index (χ3n) is 2.25. The number of carbonyl (C=O) groups is 1. The van der Waals surface area contributed by atoms with Gasteiger partial charge in [-0.25, -0.2) is 0 Å². The Morgan fingerprint density at radius 3 is 2.73 bits per heavy atom. The highest BCUT2D eigenvalue weighted by Crippen LogP contribution is 2.32. The minimum absolute atomic E-state index is 0.0114. The van der Waals surface area contributed by atoms with Crippen LogP contribution in [0.25, 0.3) is 0 Å². The lowest BCUT2D eigenvalue weighted by atomic mass is 10.1. The summed E-state index contributed by atoms with van der Waals surface area (Å²) in [7, 11) is 0. The number of hydrogen-bond acceptors (Lipinski definition) is 2. The lowest BCUT2D eigenvalue weighted by Gasteiger charge is -2.07. The molecule has 1 aromatic rings. The molecule has 0 aromatic carbocycles. The van der Waals surface area contributed by atoms with Gasteiger partial charge in [0, 0.05) is 6.20 Å². The van der Waals surface area contributed by atoms with Gasteiger partial charge in [-0.2, -0.15) is 13.2 Å². The van der Waals surface area contributed by atoms with Crippen molar-refractivity contribution in [1.82, 2.24) is 10.3 Å². The third kappa shape index (κ3) is 1.55. The molecule has 0 aliphatic carbocycles. The fourth-order valence-electron chi connectivity index (χ4n) is 1.50. The molecular formula is C9H7F3N2O. The van der Waals surface area contributed by atoms with Crippen LogP contribution in [-0.4, -0.2) is 10.9 Å². The van der Waals surface area contributed by atoms with E-state index in [1.54, 1.807) is 6.92 Å². The number of nitrogens with zero attached hydrogens (tertiary/aromatic N) is 1. The lowest BCUT2D eigenvalue weighted by molar-refractivity contribution is -0.137. The summed E-state index contributed by atoms with van der Waals surface area (Å²) in [5.41, 5.74) is -0.518. The summed E-state index contributed by atoms with van der Waals surface area (Å²) in [6.45, 7) is 1.67. The van der Waals surface area contributed by atoms with Gasteiger partial charge in [-0.15, -0.1) is 0 Å². The van der Waals surface area contributed by atoms with Gasteiger partial charge in [-0.1, -0.05) is 0 Å². The standard InChI is InChI=1S/C9H7F3N2O/c1-4-7-6(8(15)14-4)2-5(3-13-7)9(10,11)12/h2-4H,1H3,(H,14,15)/t4-/m1/s1. The Labute approximate surface area is 83.3 Å². The predicted molar refractivity (Wildman–Crippen MR) is 45.1 cm³/mol. The molecule has 6 heteroatoms. The molecule has 0 unspecified atom stereocenters. The molecule has 1 aliphatic heterocycles. The number of hydrogen-bond donors (Lipinski definition) is 1. The van der Waals surface area contributed by atoms with Crippen molar-refractivity contribution in [2.24, 2.45) is 0 Å². The number of alkyl halides is 3. The summed E-state index contributed by atoms with van der Waals surface area (Å²) < 4.78 is 36.9. The number of nitrogens with one attached hydrogen (secondary N) is 1. The highest BCUT2D eigenvalue weighted by molar-refractivity contribution is 5.98. The van der Waals surface area contributed by atoms with Gasteiger partial charge in [-0.05, 0) is 13.0 Å². The van der Waals surface area contributed by atoms with E-state index in [1.165, 1.54) is 0 Å². The monoisotopic (exact) mass is 216 g/mol. The normalized spacial score (nSPS) is 20.0. The van der Waals surface area contributed by atoms with E-state index in [4.69, 9.17) is 0 Å². The van der Waals surface area contributed by atoms with Crippen LogP contribution in [0.4, 0.5) is 13.2 Å². The van der Waals surface area contributed by atoms with Crippen molar-refractivity contribution in [3.63, 3.8) is 0 Å². The summed E-state index contributed by atoms with van der Waals surface area (Å²) in [5.74, 6) is -0.504. The molecular weight excluding hydrogens is 209 g/mol. The van der Waals surface area contributed by atoms with Crippen LogP contribution in [-0.2, 0) is 6.18 Å². The Bertz CT molecular complexity index is 428. The molecule has 0 fully saturated rings. The van der Waals surface area contributed by atoms with Crippen LogP contribution in [0.1, 0.15) is 34.6 Å². The highest BCUT2D eigenvalue weighted by Gasteiger charge is 2.35. The summed E-state index contributed by atoms with van der Waals surface area (Å²) >= 11 is 0. The molecule has 3 nitrogen and oxygen atoms in total. The molecule has 0 saturated heterocycles. The first kappa shape index (κ1) is 9.95. The maximum Gasteiger partial charge on any atom is 0.417 e. The van der Waals surface area contributed by atoms with Gasteiger partial charge in [0.05, 0.1) is 22.9 Å². The fraction of sp³-hybridized carbons (Fsp3) is 0.333. The van der Waals surface area contributed by atoms with E-state index in [0.29, 0.717) is 5.69 Å². The summed E-state index contributed by atoms with van der Waals surface area (Å²) in [6.07, 6.45) is -3.72. The average Bonchev–Trinajstić information content (AvgIpc) is 2.41. The molecule has 1 aromatic heterocycles. The maximum atomic E-state index is 12.3. The van der Waals surface area contributed by atoms with Crippen molar-refractivity contribution in [2.75, 3.05) is 0 Å². The number of rotatable bonds is 0. The van der Waals surface area contributed by atoms with E-state index < -0.39 is 17.6 Å². The van der Waals surface area contributed by atoms with Crippen molar-refractivity contribution >= 4 is 5.91 Å². The topological polar surface area (TPSA) is 42.0 Å². The first-order valence-electron chi connectivity index (χ1n) is 4.27. The van der Waals surface area contributed by atoms with Crippen molar-refractivity contribution < 1.29 is 18.0 Å². The van der Waals surface area contributed by atoms with Crippen LogP contribution in [0, 0.1) is 0 Å². The summed E-state index contributed by atoms with van der Waals surface area (Å²) in [6, 6.07) is 0.510. The zero-order valence-corrected chi connectivity index (χ0v) is 7.72. The molecule has 15 heavy (non-hydrogen) atoms. The second-order valence-electron chi connectivity index (χ2n) is 3.35. The van der Waals surface area contributed by atoms with Crippen LogP contribution >= 0.6 is 0 Å². The molecule has 1 N–H and O–H groups in total. The number of aromatic nitrogens is 1. The second-order valence-corrected chi connectivity index (χ2v) is 3.35. The number of pyridine rings is 1. The molecule has 80 valence electrons. The SMILES string of the molecule is C[C@H]1NC(=O)c2cc(C(F)(F)F)cnc21. The third-order valence-corrected chi connectivity index (χ3v) is 2.25. The minimum Gasteiger partial charge on any atom is -0.344 e.